The van der Waals surface area contributed by atoms with Crippen LogP contribution in [0.4, 0.5) is 0 Å². The van der Waals surface area contributed by atoms with Gasteiger partial charge < -0.3 is 44.5 Å². The molecule has 0 amide bonds. The lowest BCUT2D eigenvalue weighted by Gasteiger charge is -2.38. The standard InChI is InChI=1S/C21H18O11/c22-9-6-11(8-4-2-1-3-5-8)30-18-13(9)10(23)7-12(14(18)24)31-21-17(27)15(25)16(26)19(32-21)20(28)29/h1-7,15-17,19,21,23-27H,(H,28,29)/t15-,16-,17+,19+,21+/m1/s1. The Hall–Kier alpha value is -3.64. The van der Waals surface area contributed by atoms with Gasteiger partial charge in [-0.25, -0.2) is 4.79 Å². The Morgan fingerprint density at radius 1 is 0.969 bits per heavy atom. The van der Waals surface area contributed by atoms with Crippen molar-refractivity contribution in [2.45, 2.75) is 30.7 Å². The van der Waals surface area contributed by atoms with Gasteiger partial charge >= 0.3 is 5.97 Å². The van der Waals surface area contributed by atoms with Crippen molar-refractivity contribution in [3.63, 3.8) is 0 Å². The van der Waals surface area contributed by atoms with Gasteiger partial charge in [0.25, 0.3) is 0 Å². The molecule has 11 heteroatoms. The molecule has 1 saturated heterocycles. The SMILES string of the molecule is O=C(O)[C@H]1O[C@H](Oc2cc(O)c3c(=O)cc(-c4ccccc4)oc3c2O)[C@@H](O)[C@H](O)[C@H]1O. The lowest BCUT2D eigenvalue weighted by molar-refractivity contribution is -0.271. The number of aliphatic hydroxyl groups is 3. The lowest BCUT2D eigenvalue weighted by atomic mass is 9.99. The third-order valence-electron chi connectivity index (χ3n) is 5.03. The second-order valence-corrected chi connectivity index (χ2v) is 7.14. The predicted molar refractivity (Wildman–Crippen MR) is 106 cm³/mol. The van der Waals surface area contributed by atoms with E-state index in [9.17, 15) is 35.1 Å². The summed E-state index contributed by atoms with van der Waals surface area (Å²) >= 11 is 0. The molecule has 11 nitrogen and oxygen atoms in total. The van der Waals surface area contributed by atoms with E-state index >= 15 is 0 Å². The quantitative estimate of drug-likeness (QED) is 0.299. The number of rotatable bonds is 4. The number of aromatic hydroxyl groups is 2. The molecule has 0 bridgehead atoms. The number of hydrogen-bond donors (Lipinski definition) is 6. The third-order valence-corrected chi connectivity index (χ3v) is 5.03. The van der Waals surface area contributed by atoms with Crippen molar-refractivity contribution in [3.8, 4) is 28.6 Å². The highest BCUT2D eigenvalue weighted by Crippen LogP contribution is 2.41. The summed E-state index contributed by atoms with van der Waals surface area (Å²) < 4.78 is 15.9. The van der Waals surface area contributed by atoms with Crippen molar-refractivity contribution >= 4 is 16.9 Å². The van der Waals surface area contributed by atoms with Gasteiger partial charge in [0.1, 0.15) is 35.2 Å². The molecular formula is C21H18O11. The molecule has 0 aliphatic carbocycles. The number of phenols is 2. The molecule has 0 radical (unpaired) electrons. The average molecular weight is 446 g/mol. The fraction of sp³-hybridized carbons (Fsp3) is 0.238. The van der Waals surface area contributed by atoms with Gasteiger partial charge in [0, 0.05) is 17.7 Å². The van der Waals surface area contributed by atoms with Gasteiger partial charge in [0.15, 0.2) is 22.9 Å². The summed E-state index contributed by atoms with van der Waals surface area (Å²) in [5.41, 5.74) is -0.556. The van der Waals surface area contributed by atoms with Crippen molar-refractivity contribution in [1.82, 2.24) is 0 Å². The van der Waals surface area contributed by atoms with Gasteiger partial charge in [-0.3, -0.25) is 4.79 Å². The van der Waals surface area contributed by atoms with Crippen molar-refractivity contribution in [2.75, 3.05) is 0 Å². The largest absolute Gasteiger partial charge is 0.507 e. The first-order valence-electron chi connectivity index (χ1n) is 9.36. The number of aliphatic hydroxyl groups excluding tert-OH is 3. The highest BCUT2D eigenvalue weighted by atomic mass is 16.7. The zero-order chi connectivity index (χ0) is 23.2. The molecule has 6 N–H and O–H groups in total. The fourth-order valence-electron chi connectivity index (χ4n) is 3.39. The first kappa shape index (κ1) is 21.6. The number of benzene rings is 2. The highest BCUT2D eigenvalue weighted by Gasteiger charge is 2.48. The van der Waals surface area contributed by atoms with Gasteiger partial charge in [-0.05, 0) is 0 Å². The molecule has 1 aliphatic heterocycles. The van der Waals surface area contributed by atoms with Crippen molar-refractivity contribution in [2.24, 2.45) is 0 Å². The molecule has 4 rings (SSSR count). The summed E-state index contributed by atoms with van der Waals surface area (Å²) in [4.78, 5) is 23.8. The van der Waals surface area contributed by atoms with Crippen LogP contribution in [0.5, 0.6) is 17.2 Å². The van der Waals surface area contributed by atoms with Gasteiger partial charge in [0.05, 0.1) is 0 Å². The van der Waals surface area contributed by atoms with Crippen LogP contribution in [-0.2, 0) is 9.53 Å². The third kappa shape index (κ3) is 3.63. The molecule has 0 spiro atoms. The second-order valence-electron chi connectivity index (χ2n) is 7.14. The molecule has 1 aliphatic rings. The van der Waals surface area contributed by atoms with Crippen LogP contribution in [0.15, 0.2) is 51.7 Å². The molecular weight excluding hydrogens is 428 g/mol. The molecule has 1 fully saturated rings. The minimum Gasteiger partial charge on any atom is -0.507 e. The van der Waals surface area contributed by atoms with Crippen LogP contribution in [0, 0.1) is 0 Å². The van der Waals surface area contributed by atoms with Crippen LogP contribution in [0.2, 0.25) is 0 Å². The van der Waals surface area contributed by atoms with E-state index in [4.69, 9.17) is 19.0 Å². The second kappa shape index (κ2) is 8.13. The number of fused-ring (bicyclic) bond motifs is 1. The van der Waals surface area contributed by atoms with Crippen LogP contribution in [0.1, 0.15) is 0 Å². The van der Waals surface area contributed by atoms with Crippen LogP contribution >= 0.6 is 0 Å². The van der Waals surface area contributed by atoms with E-state index in [0.717, 1.165) is 12.1 Å². The van der Waals surface area contributed by atoms with E-state index in [2.05, 4.69) is 0 Å². The summed E-state index contributed by atoms with van der Waals surface area (Å²) in [6.07, 6.45) is -9.56. The Morgan fingerprint density at radius 3 is 2.31 bits per heavy atom. The molecule has 5 atom stereocenters. The fourth-order valence-corrected chi connectivity index (χ4v) is 3.39. The zero-order valence-electron chi connectivity index (χ0n) is 16.2. The molecule has 2 heterocycles. The van der Waals surface area contributed by atoms with Crippen LogP contribution in [-0.4, -0.2) is 67.3 Å². The van der Waals surface area contributed by atoms with E-state index in [-0.39, 0.29) is 11.1 Å². The summed E-state index contributed by atoms with van der Waals surface area (Å²) in [6.45, 7) is 0. The smallest absolute Gasteiger partial charge is 0.335 e. The van der Waals surface area contributed by atoms with E-state index < -0.39 is 64.9 Å². The Morgan fingerprint density at radius 2 is 1.66 bits per heavy atom. The summed E-state index contributed by atoms with van der Waals surface area (Å²) in [7, 11) is 0. The number of carboxylic acids is 1. The lowest BCUT2D eigenvalue weighted by Crippen LogP contribution is -2.61. The van der Waals surface area contributed by atoms with Crippen molar-refractivity contribution in [3.05, 3.63) is 52.7 Å². The maximum Gasteiger partial charge on any atom is 0.335 e. The molecule has 0 unspecified atom stereocenters. The summed E-state index contributed by atoms with van der Waals surface area (Å²) in [6, 6.07) is 10.5. The molecule has 1 aromatic heterocycles. The Labute approximate surface area is 178 Å². The minimum atomic E-state index is -1.94. The highest BCUT2D eigenvalue weighted by molar-refractivity contribution is 5.91. The summed E-state index contributed by atoms with van der Waals surface area (Å²) in [5.74, 6) is -3.42. The molecule has 168 valence electrons. The molecule has 3 aromatic rings. The normalized spacial score (nSPS) is 25.5. The number of hydrogen-bond acceptors (Lipinski definition) is 10. The Kier molecular flexibility index (Phi) is 5.48. The van der Waals surface area contributed by atoms with Crippen molar-refractivity contribution in [1.29, 1.82) is 0 Å². The van der Waals surface area contributed by atoms with Gasteiger partial charge in [-0.15, -0.1) is 0 Å². The van der Waals surface area contributed by atoms with Crippen LogP contribution in [0.25, 0.3) is 22.3 Å². The van der Waals surface area contributed by atoms with Gasteiger partial charge in [0.2, 0.25) is 12.0 Å². The number of aliphatic carboxylic acids is 1. The molecule has 2 aromatic carbocycles. The maximum absolute atomic E-state index is 12.5. The van der Waals surface area contributed by atoms with E-state index in [1.165, 1.54) is 0 Å². The van der Waals surface area contributed by atoms with E-state index in [1.807, 2.05) is 0 Å². The van der Waals surface area contributed by atoms with Crippen LogP contribution in [0.3, 0.4) is 0 Å². The number of phenolic OH excluding ortho intramolecular Hbond substituents is 2. The monoisotopic (exact) mass is 446 g/mol. The summed E-state index contributed by atoms with van der Waals surface area (Å²) in [5, 5.41) is 59.5. The number of carboxylic acid groups (broad SMARTS) is 1. The van der Waals surface area contributed by atoms with Gasteiger partial charge in [-0.2, -0.15) is 0 Å². The first-order chi connectivity index (χ1) is 15.2. The predicted octanol–water partition coefficient (Wildman–Crippen LogP) is 0.142. The number of carbonyl (C=O) groups is 1. The number of ether oxygens (including phenoxy) is 2. The molecule has 0 saturated carbocycles. The van der Waals surface area contributed by atoms with Crippen molar-refractivity contribution < 1.29 is 49.3 Å². The Balaban J connectivity index is 1.77. The maximum atomic E-state index is 12.5. The topological polar surface area (TPSA) is 187 Å². The Bertz CT molecular complexity index is 1220. The molecule has 32 heavy (non-hydrogen) atoms. The minimum absolute atomic E-state index is 0.0911. The van der Waals surface area contributed by atoms with Gasteiger partial charge in [-0.1, -0.05) is 30.3 Å². The van der Waals surface area contributed by atoms with E-state index in [1.54, 1.807) is 30.3 Å². The van der Waals surface area contributed by atoms with Crippen LogP contribution < -0.4 is 10.2 Å². The zero-order valence-corrected chi connectivity index (χ0v) is 16.2. The first-order valence-corrected chi connectivity index (χ1v) is 9.36. The van der Waals surface area contributed by atoms with E-state index in [0.29, 0.717) is 5.56 Å². The average Bonchev–Trinajstić information content (AvgIpc) is 2.77.